The average molecular weight is 252 g/mol. The van der Waals surface area contributed by atoms with Crippen LogP contribution in [0.1, 0.15) is 17.3 Å². The minimum atomic E-state index is -0.295. The summed E-state index contributed by atoms with van der Waals surface area (Å²) in [4.78, 5) is 13.9. The minimum absolute atomic E-state index is 0.0443. The first kappa shape index (κ1) is 14.3. The van der Waals surface area contributed by atoms with Crippen LogP contribution in [0.3, 0.4) is 0 Å². The van der Waals surface area contributed by atoms with Gasteiger partial charge in [-0.05, 0) is 31.8 Å². The number of nitrogens with one attached hydrogen (secondary N) is 1. The van der Waals surface area contributed by atoms with E-state index in [1.54, 1.807) is 6.07 Å². The Morgan fingerprint density at radius 2 is 2.22 bits per heavy atom. The molecule has 5 nitrogen and oxygen atoms in total. The lowest BCUT2D eigenvalue weighted by Gasteiger charge is -2.14. The molecular formula is C13H20N2O3. The van der Waals surface area contributed by atoms with Gasteiger partial charge in [-0.3, -0.25) is 4.79 Å². The van der Waals surface area contributed by atoms with Gasteiger partial charge in [-0.25, -0.2) is 0 Å². The summed E-state index contributed by atoms with van der Waals surface area (Å²) in [5.74, 6) is 0.205. The van der Waals surface area contributed by atoms with Crippen LogP contribution in [0, 0.1) is 0 Å². The van der Waals surface area contributed by atoms with Crippen molar-refractivity contribution in [1.29, 1.82) is 0 Å². The second-order valence-corrected chi connectivity index (χ2v) is 4.03. The van der Waals surface area contributed by atoms with Crippen molar-refractivity contribution in [3.63, 3.8) is 0 Å². The molecule has 0 aromatic heterocycles. The summed E-state index contributed by atoms with van der Waals surface area (Å²) in [5.41, 5.74) is 0.230. The number of amides is 1. The van der Waals surface area contributed by atoms with Crippen LogP contribution in [0.5, 0.6) is 11.5 Å². The van der Waals surface area contributed by atoms with Gasteiger partial charge in [0.15, 0.2) is 0 Å². The van der Waals surface area contributed by atoms with Crippen LogP contribution in [-0.2, 0) is 0 Å². The standard InChI is InChI=1S/C13H20N2O3/c1-4-15(2)8-7-14-13(17)11-9-10(18-3)5-6-12(11)16/h5-6,9,16H,4,7-8H2,1-3H3,(H,14,17). The number of carbonyl (C=O) groups excluding carboxylic acids is 1. The highest BCUT2D eigenvalue weighted by Crippen LogP contribution is 2.22. The number of nitrogens with zero attached hydrogens (tertiary/aromatic N) is 1. The summed E-state index contributed by atoms with van der Waals surface area (Å²) in [6.07, 6.45) is 0. The van der Waals surface area contributed by atoms with E-state index >= 15 is 0 Å². The molecule has 0 aliphatic rings. The number of ether oxygens (including phenoxy) is 1. The number of hydrogen-bond donors (Lipinski definition) is 2. The molecule has 1 amide bonds. The fourth-order valence-corrected chi connectivity index (χ4v) is 1.44. The Morgan fingerprint density at radius 1 is 1.50 bits per heavy atom. The van der Waals surface area contributed by atoms with Gasteiger partial charge in [0.2, 0.25) is 0 Å². The maximum Gasteiger partial charge on any atom is 0.255 e. The quantitative estimate of drug-likeness (QED) is 0.795. The zero-order valence-electron chi connectivity index (χ0n) is 11.1. The van der Waals surface area contributed by atoms with E-state index in [2.05, 4.69) is 17.1 Å². The predicted octanol–water partition coefficient (Wildman–Crippen LogP) is 1.08. The van der Waals surface area contributed by atoms with Gasteiger partial charge in [-0.15, -0.1) is 0 Å². The van der Waals surface area contributed by atoms with Crippen LogP contribution in [0.25, 0.3) is 0 Å². The molecule has 0 saturated heterocycles. The molecular weight excluding hydrogens is 232 g/mol. The predicted molar refractivity (Wildman–Crippen MR) is 70.2 cm³/mol. The van der Waals surface area contributed by atoms with E-state index in [0.717, 1.165) is 13.1 Å². The lowest BCUT2D eigenvalue weighted by atomic mass is 10.1. The van der Waals surface area contributed by atoms with Crippen LogP contribution in [-0.4, -0.2) is 49.7 Å². The summed E-state index contributed by atoms with van der Waals surface area (Å²) in [6.45, 7) is 4.29. The van der Waals surface area contributed by atoms with Crippen LogP contribution in [0.2, 0.25) is 0 Å². The van der Waals surface area contributed by atoms with Crippen molar-refractivity contribution in [3.05, 3.63) is 23.8 Å². The largest absolute Gasteiger partial charge is 0.507 e. The summed E-state index contributed by atoms with van der Waals surface area (Å²) in [6, 6.07) is 4.58. The van der Waals surface area contributed by atoms with Crippen molar-refractivity contribution in [1.82, 2.24) is 10.2 Å². The Kier molecular flexibility index (Phi) is 5.45. The van der Waals surface area contributed by atoms with E-state index < -0.39 is 0 Å². The maximum atomic E-state index is 11.9. The molecule has 18 heavy (non-hydrogen) atoms. The van der Waals surface area contributed by atoms with Crippen molar-refractivity contribution < 1.29 is 14.6 Å². The molecule has 0 atom stereocenters. The first-order valence-corrected chi connectivity index (χ1v) is 5.92. The molecule has 1 aromatic rings. The monoisotopic (exact) mass is 252 g/mol. The molecule has 2 N–H and O–H groups in total. The van der Waals surface area contributed by atoms with Crippen molar-refractivity contribution >= 4 is 5.91 Å². The van der Waals surface area contributed by atoms with E-state index in [-0.39, 0.29) is 17.2 Å². The van der Waals surface area contributed by atoms with Crippen LogP contribution >= 0.6 is 0 Å². The number of likely N-dealkylation sites (N-methyl/N-ethyl adjacent to an activating group) is 1. The molecule has 1 aromatic carbocycles. The van der Waals surface area contributed by atoms with E-state index in [1.165, 1.54) is 19.2 Å². The smallest absolute Gasteiger partial charge is 0.255 e. The molecule has 0 saturated carbocycles. The van der Waals surface area contributed by atoms with Crippen molar-refractivity contribution in [2.24, 2.45) is 0 Å². The lowest BCUT2D eigenvalue weighted by molar-refractivity contribution is 0.0947. The Hall–Kier alpha value is -1.75. The van der Waals surface area contributed by atoms with Gasteiger partial charge in [0.25, 0.3) is 5.91 Å². The van der Waals surface area contributed by atoms with Gasteiger partial charge < -0.3 is 20.1 Å². The zero-order chi connectivity index (χ0) is 13.5. The number of aromatic hydroxyl groups is 1. The van der Waals surface area contributed by atoms with E-state index in [4.69, 9.17) is 4.74 Å². The Balaban J connectivity index is 2.61. The van der Waals surface area contributed by atoms with Gasteiger partial charge in [0, 0.05) is 13.1 Å². The second-order valence-electron chi connectivity index (χ2n) is 4.03. The molecule has 0 fully saturated rings. The molecule has 0 aliphatic heterocycles. The molecule has 1 rings (SSSR count). The Labute approximate surface area is 107 Å². The van der Waals surface area contributed by atoms with Crippen molar-refractivity contribution in [2.45, 2.75) is 6.92 Å². The van der Waals surface area contributed by atoms with Crippen molar-refractivity contribution in [2.75, 3.05) is 33.8 Å². The summed E-state index contributed by atoms with van der Waals surface area (Å²) in [7, 11) is 3.50. The first-order valence-electron chi connectivity index (χ1n) is 5.92. The fourth-order valence-electron chi connectivity index (χ4n) is 1.44. The van der Waals surface area contributed by atoms with E-state index in [0.29, 0.717) is 12.3 Å². The van der Waals surface area contributed by atoms with Gasteiger partial charge in [-0.1, -0.05) is 6.92 Å². The molecule has 0 heterocycles. The van der Waals surface area contributed by atoms with Gasteiger partial charge in [0.05, 0.1) is 12.7 Å². The molecule has 0 spiro atoms. The topological polar surface area (TPSA) is 61.8 Å². The van der Waals surface area contributed by atoms with Crippen LogP contribution in [0.15, 0.2) is 18.2 Å². The number of phenols is 1. The average Bonchev–Trinajstić information content (AvgIpc) is 2.38. The van der Waals surface area contributed by atoms with Gasteiger partial charge in [0.1, 0.15) is 11.5 Å². The van der Waals surface area contributed by atoms with Crippen molar-refractivity contribution in [3.8, 4) is 11.5 Å². The summed E-state index contributed by atoms with van der Waals surface area (Å²) in [5, 5.41) is 12.4. The van der Waals surface area contributed by atoms with Crippen LogP contribution in [0.4, 0.5) is 0 Å². The third-order valence-corrected chi connectivity index (χ3v) is 2.77. The Bertz CT molecular complexity index is 407. The fraction of sp³-hybridized carbons (Fsp3) is 0.462. The van der Waals surface area contributed by atoms with Crippen LogP contribution < -0.4 is 10.1 Å². The highest BCUT2D eigenvalue weighted by Gasteiger charge is 2.11. The molecule has 0 unspecified atom stereocenters. The first-order chi connectivity index (χ1) is 8.58. The number of phenolic OH excluding ortho intramolecular Hbond substituents is 1. The SMILES string of the molecule is CCN(C)CCNC(=O)c1cc(OC)ccc1O. The third kappa shape index (κ3) is 3.92. The maximum absolute atomic E-state index is 11.9. The second kappa shape index (κ2) is 6.86. The molecule has 5 heteroatoms. The highest BCUT2D eigenvalue weighted by molar-refractivity contribution is 5.97. The van der Waals surface area contributed by atoms with Gasteiger partial charge in [-0.2, -0.15) is 0 Å². The number of rotatable bonds is 6. The lowest BCUT2D eigenvalue weighted by Crippen LogP contribution is -2.32. The molecule has 0 bridgehead atoms. The molecule has 0 aliphatic carbocycles. The normalized spacial score (nSPS) is 10.4. The number of carbonyl (C=O) groups is 1. The highest BCUT2D eigenvalue weighted by atomic mass is 16.5. The Morgan fingerprint density at radius 3 is 2.83 bits per heavy atom. The number of methoxy groups -OCH3 is 1. The molecule has 100 valence electrons. The minimum Gasteiger partial charge on any atom is -0.507 e. The number of benzene rings is 1. The number of hydrogen-bond acceptors (Lipinski definition) is 4. The van der Waals surface area contributed by atoms with E-state index in [1.807, 2.05) is 7.05 Å². The zero-order valence-corrected chi connectivity index (χ0v) is 11.1. The van der Waals surface area contributed by atoms with Gasteiger partial charge >= 0.3 is 0 Å². The third-order valence-electron chi connectivity index (χ3n) is 2.77. The summed E-state index contributed by atoms with van der Waals surface area (Å²) >= 11 is 0. The molecule has 0 radical (unpaired) electrons. The van der Waals surface area contributed by atoms with E-state index in [9.17, 15) is 9.90 Å². The summed E-state index contributed by atoms with van der Waals surface area (Å²) < 4.78 is 5.02.